The summed E-state index contributed by atoms with van der Waals surface area (Å²) in [4.78, 5) is -0.163. The van der Waals surface area contributed by atoms with Crippen LogP contribution in [0.5, 0.6) is 0 Å². The van der Waals surface area contributed by atoms with Crippen molar-refractivity contribution < 1.29 is 8.42 Å². The van der Waals surface area contributed by atoms with Crippen LogP contribution < -0.4 is 10.9 Å². The third-order valence-corrected chi connectivity index (χ3v) is 3.35. The maximum atomic E-state index is 11.0. The summed E-state index contributed by atoms with van der Waals surface area (Å²) in [6, 6.07) is 2.59. The Morgan fingerprint density at radius 2 is 1.73 bits per heavy atom. The molecule has 4 N–H and O–H groups in total. The van der Waals surface area contributed by atoms with Gasteiger partial charge in [0.1, 0.15) is 4.90 Å². The standard InChI is InChI=1S/C7H8Cl2N2O2S.ClH/c8-5-2-6(9)7(14(11,12)13)1-4(5)3-10;/h1-2H,3,10H2,(H2,11,12,13);1H. The first-order valence-corrected chi connectivity index (χ1v) is 5.87. The zero-order chi connectivity index (χ0) is 10.9. The maximum Gasteiger partial charge on any atom is 0.239 e. The molecule has 4 nitrogen and oxygen atoms in total. The van der Waals surface area contributed by atoms with Gasteiger partial charge in [0, 0.05) is 11.6 Å². The van der Waals surface area contributed by atoms with E-state index in [0.717, 1.165) is 0 Å². The molecule has 0 saturated carbocycles. The van der Waals surface area contributed by atoms with Crippen LogP contribution in [0.1, 0.15) is 5.56 Å². The van der Waals surface area contributed by atoms with E-state index in [-0.39, 0.29) is 28.9 Å². The molecule has 0 aliphatic heterocycles. The fraction of sp³-hybridized carbons (Fsp3) is 0.143. The minimum Gasteiger partial charge on any atom is -0.326 e. The van der Waals surface area contributed by atoms with E-state index in [4.69, 9.17) is 34.1 Å². The van der Waals surface area contributed by atoms with Gasteiger partial charge in [0.25, 0.3) is 0 Å². The van der Waals surface area contributed by atoms with E-state index in [0.29, 0.717) is 10.6 Å². The van der Waals surface area contributed by atoms with Crippen LogP contribution in [0.25, 0.3) is 0 Å². The van der Waals surface area contributed by atoms with Crippen LogP contribution in [-0.4, -0.2) is 8.42 Å². The van der Waals surface area contributed by atoms with Gasteiger partial charge in [-0.15, -0.1) is 12.4 Å². The zero-order valence-electron chi connectivity index (χ0n) is 7.41. The van der Waals surface area contributed by atoms with E-state index >= 15 is 0 Å². The Labute approximate surface area is 104 Å². The van der Waals surface area contributed by atoms with Crippen molar-refractivity contribution in [1.29, 1.82) is 0 Å². The third-order valence-electron chi connectivity index (χ3n) is 1.63. The molecule has 0 aliphatic rings. The van der Waals surface area contributed by atoms with E-state index in [1.807, 2.05) is 0 Å². The Morgan fingerprint density at radius 1 is 1.20 bits per heavy atom. The first-order valence-electron chi connectivity index (χ1n) is 3.57. The smallest absolute Gasteiger partial charge is 0.239 e. The number of sulfonamides is 1. The summed E-state index contributed by atoms with van der Waals surface area (Å²) in [5, 5.41) is 5.25. The lowest BCUT2D eigenvalue weighted by Gasteiger charge is -2.06. The molecule has 0 fully saturated rings. The number of primary sulfonamides is 1. The van der Waals surface area contributed by atoms with Crippen LogP contribution in [0.4, 0.5) is 0 Å². The average Bonchev–Trinajstić information content (AvgIpc) is 2.02. The molecule has 0 saturated heterocycles. The Morgan fingerprint density at radius 3 is 2.13 bits per heavy atom. The molecule has 86 valence electrons. The van der Waals surface area contributed by atoms with Crippen LogP contribution in [0.2, 0.25) is 10.0 Å². The Bertz CT molecular complexity index is 462. The van der Waals surface area contributed by atoms with Gasteiger partial charge >= 0.3 is 0 Å². The molecule has 0 amide bonds. The fourth-order valence-electron chi connectivity index (χ4n) is 0.946. The molecule has 1 aromatic rings. The van der Waals surface area contributed by atoms with Crippen LogP contribution in [-0.2, 0) is 16.6 Å². The zero-order valence-corrected chi connectivity index (χ0v) is 10.6. The summed E-state index contributed by atoms with van der Waals surface area (Å²) in [6.07, 6.45) is 0. The monoisotopic (exact) mass is 290 g/mol. The van der Waals surface area contributed by atoms with Crippen LogP contribution in [0, 0.1) is 0 Å². The number of halogens is 3. The summed E-state index contributed by atoms with van der Waals surface area (Å²) >= 11 is 11.4. The Balaban J connectivity index is 0.00000196. The quantitative estimate of drug-likeness (QED) is 0.866. The van der Waals surface area contributed by atoms with Crippen LogP contribution >= 0.6 is 35.6 Å². The van der Waals surface area contributed by atoms with Gasteiger partial charge < -0.3 is 5.73 Å². The van der Waals surface area contributed by atoms with Gasteiger partial charge in [-0.3, -0.25) is 0 Å². The largest absolute Gasteiger partial charge is 0.326 e. The molecular weight excluding hydrogens is 283 g/mol. The van der Waals surface area contributed by atoms with Crippen molar-refractivity contribution in [1.82, 2.24) is 0 Å². The lowest BCUT2D eigenvalue weighted by Crippen LogP contribution is -2.13. The Kier molecular flexibility index (Phi) is 5.32. The van der Waals surface area contributed by atoms with E-state index in [2.05, 4.69) is 0 Å². The summed E-state index contributed by atoms with van der Waals surface area (Å²) in [7, 11) is -3.83. The first kappa shape index (κ1) is 15.0. The second kappa shape index (κ2) is 5.34. The van der Waals surface area contributed by atoms with Crippen molar-refractivity contribution in [3.05, 3.63) is 27.7 Å². The van der Waals surface area contributed by atoms with Gasteiger partial charge in [0.2, 0.25) is 10.0 Å². The van der Waals surface area contributed by atoms with Crippen molar-refractivity contribution in [3.63, 3.8) is 0 Å². The average molecular weight is 292 g/mol. The van der Waals surface area contributed by atoms with Gasteiger partial charge in [-0.2, -0.15) is 0 Å². The predicted octanol–water partition coefficient (Wildman–Crippen LogP) is 1.52. The van der Waals surface area contributed by atoms with Crippen molar-refractivity contribution in [3.8, 4) is 0 Å². The predicted molar refractivity (Wildman–Crippen MR) is 63.0 cm³/mol. The highest BCUT2D eigenvalue weighted by Gasteiger charge is 2.15. The molecule has 0 aliphatic carbocycles. The molecule has 0 heterocycles. The number of rotatable bonds is 2. The maximum absolute atomic E-state index is 11.0. The summed E-state index contributed by atoms with van der Waals surface area (Å²) < 4.78 is 22.1. The minimum atomic E-state index is -3.83. The third kappa shape index (κ3) is 3.48. The lowest BCUT2D eigenvalue weighted by molar-refractivity contribution is 0.597. The highest BCUT2D eigenvalue weighted by molar-refractivity contribution is 7.89. The first-order chi connectivity index (χ1) is 6.36. The van der Waals surface area contributed by atoms with Gasteiger partial charge in [0.05, 0.1) is 5.02 Å². The van der Waals surface area contributed by atoms with Gasteiger partial charge in [0.15, 0.2) is 0 Å². The van der Waals surface area contributed by atoms with E-state index < -0.39 is 10.0 Å². The molecule has 15 heavy (non-hydrogen) atoms. The lowest BCUT2D eigenvalue weighted by atomic mass is 10.2. The van der Waals surface area contributed by atoms with Crippen molar-refractivity contribution in [2.75, 3.05) is 0 Å². The van der Waals surface area contributed by atoms with Crippen LogP contribution in [0.3, 0.4) is 0 Å². The SMILES string of the molecule is Cl.NCc1cc(S(N)(=O)=O)c(Cl)cc1Cl. The van der Waals surface area contributed by atoms with Crippen molar-refractivity contribution in [2.24, 2.45) is 10.9 Å². The van der Waals surface area contributed by atoms with Gasteiger partial charge in [-0.25, -0.2) is 13.6 Å². The number of benzene rings is 1. The van der Waals surface area contributed by atoms with E-state index in [9.17, 15) is 8.42 Å². The Hall–Kier alpha value is -0.0400. The molecule has 0 atom stereocenters. The van der Waals surface area contributed by atoms with Crippen LogP contribution in [0.15, 0.2) is 17.0 Å². The molecule has 0 aromatic heterocycles. The highest BCUT2D eigenvalue weighted by Crippen LogP contribution is 2.27. The molecule has 1 aromatic carbocycles. The number of hydrogen-bond acceptors (Lipinski definition) is 3. The molecule has 0 bridgehead atoms. The van der Waals surface area contributed by atoms with Crippen molar-refractivity contribution in [2.45, 2.75) is 11.4 Å². The van der Waals surface area contributed by atoms with Gasteiger partial charge in [-0.05, 0) is 17.7 Å². The number of nitrogens with two attached hydrogens (primary N) is 2. The second-order valence-electron chi connectivity index (χ2n) is 2.62. The summed E-state index contributed by atoms with van der Waals surface area (Å²) in [5.74, 6) is 0. The highest BCUT2D eigenvalue weighted by atomic mass is 35.5. The molecule has 0 spiro atoms. The minimum absolute atomic E-state index is 0. The molecule has 8 heteroatoms. The molecule has 0 unspecified atom stereocenters. The molecular formula is C7H9Cl3N2O2S. The number of hydrogen-bond donors (Lipinski definition) is 2. The molecule has 0 radical (unpaired) electrons. The normalized spacial score (nSPS) is 10.9. The van der Waals surface area contributed by atoms with Crippen molar-refractivity contribution >= 4 is 45.6 Å². The van der Waals surface area contributed by atoms with E-state index in [1.54, 1.807) is 0 Å². The fourth-order valence-corrected chi connectivity index (χ4v) is 2.37. The van der Waals surface area contributed by atoms with Gasteiger partial charge in [-0.1, -0.05) is 23.2 Å². The van der Waals surface area contributed by atoms with E-state index in [1.165, 1.54) is 12.1 Å². The topological polar surface area (TPSA) is 86.2 Å². The molecule has 1 rings (SSSR count). The second-order valence-corrected chi connectivity index (χ2v) is 4.97. The summed E-state index contributed by atoms with van der Waals surface area (Å²) in [6.45, 7) is 0.124. The summed E-state index contributed by atoms with van der Waals surface area (Å²) in [5.41, 5.74) is 5.84.